The molecule has 0 aliphatic rings. The van der Waals surface area contributed by atoms with Crippen molar-refractivity contribution in [3.05, 3.63) is 66.0 Å². The number of halogens is 2. The molecule has 28 heavy (non-hydrogen) atoms. The van der Waals surface area contributed by atoms with Gasteiger partial charge < -0.3 is 9.30 Å². The molecule has 1 heterocycles. The van der Waals surface area contributed by atoms with Crippen molar-refractivity contribution < 1.29 is 18.3 Å². The van der Waals surface area contributed by atoms with Crippen LogP contribution in [0.3, 0.4) is 0 Å². The Balaban J connectivity index is 1.64. The van der Waals surface area contributed by atoms with E-state index in [1.54, 1.807) is 24.3 Å². The zero-order valence-electron chi connectivity index (χ0n) is 15.5. The fourth-order valence-corrected chi connectivity index (χ4v) is 2.90. The molecule has 0 bridgehead atoms. The molecule has 0 radical (unpaired) electrons. The van der Waals surface area contributed by atoms with Gasteiger partial charge in [-0.15, -0.1) is 0 Å². The van der Waals surface area contributed by atoms with E-state index in [2.05, 4.69) is 31.7 Å². The Labute approximate surface area is 160 Å². The van der Waals surface area contributed by atoms with Crippen LogP contribution >= 0.6 is 0 Å². The number of aromatic nitrogens is 2. The summed E-state index contributed by atoms with van der Waals surface area (Å²) in [7, 11) is 0. The third-order valence-corrected chi connectivity index (χ3v) is 4.27. The van der Waals surface area contributed by atoms with E-state index in [4.69, 9.17) is 0 Å². The van der Waals surface area contributed by atoms with Crippen molar-refractivity contribution >= 4 is 22.6 Å². The first-order valence-electron chi connectivity index (χ1n) is 8.66. The smallest absolute Gasteiger partial charge is 0.387 e. The second-order valence-electron chi connectivity index (χ2n) is 6.07. The summed E-state index contributed by atoms with van der Waals surface area (Å²) in [5, 5.41) is 0. The van der Waals surface area contributed by atoms with E-state index < -0.39 is 6.61 Å². The molecule has 8 heteroatoms. The zero-order valence-corrected chi connectivity index (χ0v) is 15.5. The van der Waals surface area contributed by atoms with Gasteiger partial charge in [0.1, 0.15) is 11.6 Å². The van der Waals surface area contributed by atoms with Crippen LogP contribution in [0.5, 0.6) is 5.75 Å². The number of alkyl halides is 2. The summed E-state index contributed by atoms with van der Waals surface area (Å²) < 4.78 is 30.7. The molecule has 0 atom stereocenters. The van der Waals surface area contributed by atoms with Crippen molar-refractivity contribution in [3.8, 4) is 5.75 Å². The number of imidazole rings is 1. The highest BCUT2D eigenvalue weighted by Gasteiger charge is 2.11. The number of amides is 1. The van der Waals surface area contributed by atoms with Gasteiger partial charge in [0.15, 0.2) is 0 Å². The monoisotopic (exact) mass is 386 g/mol. The number of nitrogens with one attached hydrogen (secondary N) is 2. The van der Waals surface area contributed by atoms with Crippen LogP contribution in [0.4, 0.5) is 8.78 Å². The van der Waals surface area contributed by atoms with Crippen molar-refractivity contribution in [2.75, 3.05) is 0 Å². The lowest BCUT2D eigenvalue weighted by atomic mass is 10.1. The number of aryl methyl sites for hydroxylation is 2. The molecule has 0 aliphatic heterocycles. The highest BCUT2D eigenvalue weighted by Crippen LogP contribution is 2.19. The molecule has 1 amide bonds. The minimum atomic E-state index is -2.88. The number of hydrogen-bond donors (Lipinski definition) is 2. The van der Waals surface area contributed by atoms with E-state index in [-0.39, 0.29) is 11.7 Å². The Morgan fingerprint density at radius 2 is 1.86 bits per heavy atom. The van der Waals surface area contributed by atoms with Gasteiger partial charge in [0.05, 0.1) is 16.7 Å². The van der Waals surface area contributed by atoms with E-state index in [0.29, 0.717) is 16.8 Å². The number of carbonyl (C=O) groups is 1. The number of rotatable bonds is 7. The molecule has 2 N–H and O–H groups in total. The molecule has 0 unspecified atom stereocenters. The maximum absolute atomic E-state index is 12.4. The van der Waals surface area contributed by atoms with Gasteiger partial charge in [-0.05, 0) is 61.9 Å². The SMILES string of the molecule is C=C(NNC(=O)c1ccc2c(c1)nc(C)n2CC)c1ccc(OC(F)F)cc1. The first-order chi connectivity index (χ1) is 13.4. The summed E-state index contributed by atoms with van der Waals surface area (Å²) in [4.78, 5) is 16.9. The Bertz CT molecular complexity index is 1010. The highest BCUT2D eigenvalue weighted by atomic mass is 19.3. The van der Waals surface area contributed by atoms with Crippen LogP contribution in [0.2, 0.25) is 0 Å². The molecule has 0 spiro atoms. The number of nitrogens with zero attached hydrogens (tertiary/aromatic N) is 2. The Morgan fingerprint density at radius 1 is 1.18 bits per heavy atom. The molecule has 0 aliphatic carbocycles. The number of fused-ring (bicyclic) bond motifs is 1. The van der Waals surface area contributed by atoms with Gasteiger partial charge in [-0.25, -0.2) is 4.98 Å². The maximum atomic E-state index is 12.4. The highest BCUT2D eigenvalue weighted by molar-refractivity contribution is 5.97. The summed E-state index contributed by atoms with van der Waals surface area (Å²) >= 11 is 0. The largest absolute Gasteiger partial charge is 0.435 e. The molecule has 3 rings (SSSR count). The van der Waals surface area contributed by atoms with Gasteiger partial charge in [0, 0.05) is 12.1 Å². The van der Waals surface area contributed by atoms with E-state index in [1.807, 2.05) is 19.9 Å². The van der Waals surface area contributed by atoms with Crippen LogP contribution in [0, 0.1) is 6.92 Å². The summed E-state index contributed by atoms with van der Waals surface area (Å²) in [6, 6.07) is 11.2. The minimum Gasteiger partial charge on any atom is -0.435 e. The molecular weight excluding hydrogens is 366 g/mol. The van der Waals surface area contributed by atoms with Crippen molar-refractivity contribution in [2.45, 2.75) is 27.0 Å². The van der Waals surface area contributed by atoms with Crippen LogP contribution in [0.1, 0.15) is 28.7 Å². The molecule has 2 aromatic carbocycles. The zero-order chi connectivity index (χ0) is 20.3. The van der Waals surface area contributed by atoms with E-state index in [1.165, 1.54) is 12.1 Å². The Hall–Kier alpha value is -3.42. The number of hydrogen-bond acceptors (Lipinski definition) is 4. The lowest BCUT2D eigenvalue weighted by Gasteiger charge is -2.12. The van der Waals surface area contributed by atoms with Crippen LogP contribution in [0.25, 0.3) is 16.7 Å². The molecule has 3 aromatic rings. The van der Waals surface area contributed by atoms with Crippen LogP contribution in [-0.2, 0) is 6.54 Å². The molecule has 6 nitrogen and oxygen atoms in total. The van der Waals surface area contributed by atoms with Gasteiger partial charge in [-0.1, -0.05) is 6.58 Å². The molecular formula is C20H20F2N4O2. The number of ether oxygens (including phenoxy) is 1. The number of benzene rings is 2. The molecule has 0 saturated heterocycles. The van der Waals surface area contributed by atoms with Crippen LogP contribution in [0.15, 0.2) is 49.0 Å². The summed E-state index contributed by atoms with van der Waals surface area (Å²) in [6.07, 6.45) is 0. The Kier molecular flexibility index (Phi) is 5.58. The van der Waals surface area contributed by atoms with Gasteiger partial charge in [0.25, 0.3) is 5.91 Å². The Morgan fingerprint density at radius 3 is 2.50 bits per heavy atom. The predicted molar refractivity (Wildman–Crippen MR) is 103 cm³/mol. The van der Waals surface area contributed by atoms with Crippen molar-refractivity contribution in [2.24, 2.45) is 0 Å². The third-order valence-electron chi connectivity index (χ3n) is 4.27. The quantitative estimate of drug-likeness (QED) is 0.605. The van der Waals surface area contributed by atoms with E-state index in [0.717, 1.165) is 23.4 Å². The summed E-state index contributed by atoms with van der Waals surface area (Å²) in [5.41, 5.74) is 8.50. The van der Waals surface area contributed by atoms with Gasteiger partial charge >= 0.3 is 6.61 Å². The molecule has 0 fully saturated rings. The molecule has 146 valence electrons. The van der Waals surface area contributed by atoms with Crippen molar-refractivity contribution in [3.63, 3.8) is 0 Å². The first-order valence-corrected chi connectivity index (χ1v) is 8.66. The van der Waals surface area contributed by atoms with Gasteiger partial charge in [0.2, 0.25) is 0 Å². The van der Waals surface area contributed by atoms with Crippen LogP contribution in [-0.4, -0.2) is 22.1 Å². The predicted octanol–water partition coefficient (Wildman–Crippen LogP) is 3.87. The summed E-state index contributed by atoms with van der Waals surface area (Å²) in [6.45, 7) is 5.71. The fraction of sp³-hybridized carbons (Fsp3) is 0.200. The minimum absolute atomic E-state index is 0.0469. The molecule has 0 saturated carbocycles. The molecule has 1 aromatic heterocycles. The average Bonchev–Trinajstić information content (AvgIpc) is 2.99. The lowest BCUT2D eigenvalue weighted by molar-refractivity contribution is -0.0498. The standard InChI is InChI=1S/C20H20F2N4O2/c1-4-26-13(3)23-17-11-15(7-10-18(17)26)19(27)25-24-12(2)14-5-8-16(9-6-14)28-20(21)22/h5-11,20,24H,2,4H2,1,3H3,(H,25,27). The lowest BCUT2D eigenvalue weighted by Crippen LogP contribution is -2.35. The third kappa shape index (κ3) is 4.11. The number of hydrazine groups is 1. The first kappa shape index (κ1) is 19.3. The second-order valence-corrected chi connectivity index (χ2v) is 6.07. The van der Waals surface area contributed by atoms with Gasteiger partial charge in [-0.3, -0.25) is 15.6 Å². The summed E-state index contributed by atoms with van der Waals surface area (Å²) in [5.74, 6) is 0.593. The maximum Gasteiger partial charge on any atom is 0.387 e. The van der Waals surface area contributed by atoms with Gasteiger partial charge in [-0.2, -0.15) is 8.78 Å². The number of carbonyl (C=O) groups excluding carboxylic acids is 1. The average molecular weight is 386 g/mol. The fourth-order valence-electron chi connectivity index (χ4n) is 2.90. The topological polar surface area (TPSA) is 68.2 Å². The van der Waals surface area contributed by atoms with E-state index >= 15 is 0 Å². The van der Waals surface area contributed by atoms with Crippen LogP contribution < -0.4 is 15.6 Å². The van der Waals surface area contributed by atoms with Crippen molar-refractivity contribution in [1.82, 2.24) is 20.4 Å². The van der Waals surface area contributed by atoms with E-state index in [9.17, 15) is 13.6 Å². The normalized spacial score (nSPS) is 10.9. The second kappa shape index (κ2) is 8.08. The van der Waals surface area contributed by atoms with Crippen molar-refractivity contribution in [1.29, 1.82) is 0 Å².